The molecule has 20 heavy (non-hydrogen) atoms. The van der Waals surface area contributed by atoms with E-state index in [-0.39, 0.29) is 5.91 Å². The second kappa shape index (κ2) is 14.5. The van der Waals surface area contributed by atoms with Crippen molar-refractivity contribution in [2.75, 3.05) is 39.3 Å². The molecule has 0 fully saturated rings. The quantitative estimate of drug-likeness (QED) is 0.402. The molecular formula is C16H33N3O. The third-order valence-corrected chi connectivity index (χ3v) is 3.28. The van der Waals surface area contributed by atoms with Crippen LogP contribution in [0.1, 0.15) is 46.5 Å². The zero-order valence-corrected chi connectivity index (χ0v) is 13.6. The van der Waals surface area contributed by atoms with Crippen molar-refractivity contribution in [1.29, 1.82) is 0 Å². The zero-order valence-electron chi connectivity index (χ0n) is 13.6. The van der Waals surface area contributed by atoms with E-state index in [4.69, 9.17) is 0 Å². The maximum absolute atomic E-state index is 11.5. The highest BCUT2D eigenvalue weighted by Crippen LogP contribution is 1.94. The molecule has 118 valence electrons. The van der Waals surface area contributed by atoms with E-state index in [2.05, 4.69) is 48.5 Å². The van der Waals surface area contributed by atoms with Crippen LogP contribution in [0.25, 0.3) is 0 Å². The van der Waals surface area contributed by atoms with E-state index in [1.165, 1.54) is 6.42 Å². The Balaban J connectivity index is 3.35. The summed E-state index contributed by atoms with van der Waals surface area (Å²) in [6, 6.07) is 0. The van der Waals surface area contributed by atoms with Crippen LogP contribution in [0.15, 0.2) is 12.2 Å². The predicted octanol–water partition coefficient (Wildman–Crippen LogP) is 2.17. The Labute approximate surface area is 125 Å². The number of unbranched alkanes of at least 4 members (excludes halogenated alkanes) is 1. The summed E-state index contributed by atoms with van der Waals surface area (Å²) in [5.74, 6) is 0.150. The van der Waals surface area contributed by atoms with Gasteiger partial charge in [-0.3, -0.25) is 4.79 Å². The topological polar surface area (TPSA) is 44.4 Å². The number of rotatable bonds is 13. The lowest BCUT2D eigenvalue weighted by Gasteiger charge is -2.18. The molecule has 0 spiro atoms. The Bertz CT molecular complexity index is 250. The van der Waals surface area contributed by atoms with Crippen LogP contribution < -0.4 is 10.6 Å². The van der Waals surface area contributed by atoms with Gasteiger partial charge in [-0.05, 0) is 25.9 Å². The molecule has 0 aromatic rings. The summed E-state index contributed by atoms with van der Waals surface area (Å²) in [6.07, 6.45) is 7.98. The number of nitrogens with one attached hydrogen (secondary N) is 2. The second-order valence-electron chi connectivity index (χ2n) is 4.93. The summed E-state index contributed by atoms with van der Waals surface area (Å²) in [5.41, 5.74) is 0. The minimum atomic E-state index is 0.150. The largest absolute Gasteiger partial charge is 0.355 e. The maximum atomic E-state index is 11.5. The fraction of sp³-hybridized carbons (Fsp3) is 0.812. The van der Waals surface area contributed by atoms with Crippen molar-refractivity contribution >= 4 is 5.91 Å². The number of carbonyl (C=O) groups is 1. The molecule has 0 bridgehead atoms. The van der Waals surface area contributed by atoms with Crippen LogP contribution in [-0.4, -0.2) is 50.1 Å². The van der Waals surface area contributed by atoms with Gasteiger partial charge in [-0.25, -0.2) is 0 Å². The number of likely N-dealkylation sites (N-methyl/N-ethyl adjacent to an activating group) is 1. The summed E-state index contributed by atoms with van der Waals surface area (Å²) < 4.78 is 0. The Morgan fingerprint density at radius 3 is 2.35 bits per heavy atom. The molecule has 0 heterocycles. The number of hydrogen-bond donors (Lipinski definition) is 2. The monoisotopic (exact) mass is 283 g/mol. The van der Waals surface area contributed by atoms with Gasteiger partial charge in [0, 0.05) is 32.6 Å². The van der Waals surface area contributed by atoms with Gasteiger partial charge in [0.05, 0.1) is 0 Å². The molecule has 4 nitrogen and oxygen atoms in total. The Hall–Kier alpha value is -0.870. The highest BCUT2D eigenvalue weighted by molar-refractivity contribution is 5.75. The molecule has 0 rings (SSSR count). The first-order chi connectivity index (χ1) is 9.74. The number of nitrogens with zero attached hydrogens (tertiary/aromatic N) is 1. The second-order valence-corrected chi connectivity index (χ2v) is 4.93. The summed E-state index contributed by atoms with van der Waals surface area (Å²) in [5, 5.41) is 6.29. The molecule has 0 aliphatic heterocycles. The third-order valence-electron chi connectivity index (χ3n) is 3.28. The van der Waals surface area contributed by atoms with E-state index in [1.807, 2.05) is 0 Å². The van der Waals surface area contributed by atoms with Gasteiger partial charge in [-0.15, -0.1) is 0 Å². The van der Waals surface area contributed by atoms with Crippen molar-refractivity contribution in [1.82, 2.24) is 15.5 Å². The fourth-order valence-electron chi connectivity index (χ4n) is 1.90. The van der Waals surface area contributed by atoms with Gasteiger partial charge in [0.15, 0.2) is 0 Å². The van der Waals surface area contributed by atoms with Gasteiger partial charge in [0.2, 0.25) is 5.91 Å². The van der Waals surface area contributed by atoms with Crippen molar-refractivity contribution in [2.24, 2.45) is 0 Å². The highest BCUT2D eigenvalue weighted by atomic mass is 16.1. The number of carbonyl (C=O) groups excluding carboxylic acids is 1. The zero-order chi connectivity index (χ0) is 15.1. The van der Waals surface area contributed by atoms with Gasteiger partial charge >= 0.3 is 0 Å². The Morgan fingerprint density at radius 2 is 1.70 bits per heavy atom. The Kier molecular flexibility index (Phi) is 13.9. The molecule has 0 atom stereocenters. The first-order valence-corrected chi connectivity index (χ1v) is 8.09. The molecule has 2 N–H and O–H groups in total. The van der Waals surface area contributed by atoms with Crippen LogP contribution in [0.4, 0.5) is 0 Å². The minimum Gasteiger partial charge on any atom is -0.355 e. The van der Waals surface area contributed by atoms with E-state index in [1.54, 1.807) is 0 Å². The Morgan fingerprint density at radius 1 is 1.00 bits per heavy atom. The summed E-state index contributed by atoms with van der Waals surface area (Å²) in [6.45, 7) is 12.3. The van der Waals surface area contributed by atoms with E-state index in [0.29, 0.717) is 6.42 Å². The van der Waals surface area contributed by atoms with E-state index < -0.39 is 0 Å². The van der Waals surface area contributed by atoms with Crippen molar-refractivity contribution < 1.29 is 4.79 Å². The lowest BCUT2D eigenvalue weighted by molar-refractivity contribution is -0.120. The first kappa shape index (κ1) is 19.1. The van der Waals surface area contributed by atoms with Gasteiger partial charge in [0.1, 0.15) is 0 Å². The minimum absolute atomic E-state index is 0.150. The van der Waals surface area contributed by atoms with Crippen LogP contribution in [0, 0.1) is 0 Å². The molecule has 0 aliphatic rings. The fourth-order valence-corrected chi connectivity index (χ4v) is 1.90. The standard InChI is InChI=1S/C16H33N3O/c1-4-7-8-9-10-11-16(20)18-13-12-17-14-15-19(5-2)6-3/h8-9,17H,4-7,10-15H2,1-3H3,(H,18,20)/b9-8+. The third kappa shape index (κ3) is 12.2. The molecule has 0 saturated carbocycles. The SMILES string of the molecule is CCC/C=C/CCC(=O)NCCNCCN(CC)CC. The number of amides is 1. The van der Waals surface area contributed by atoms with E-state index >= 15 is 0 Å². The van der Waals surface area contributed by atoms with E-state index in [0.717, 1.165) is 52.1 Å². The van der Waals surface area contributed by atoms with Gasteiger partial charge < -0.3 is 15.5 Å². The molecule has 4 heteroatoms. The van der Waals surface area contributed by atoms with Gasteiger partial charge in [-0.1, -0.05) is 39.3 Å². The molecule has 0 aromatic heterocycles. The smallest absolute Gasteiger partial charge is 0.220 e. The predicted molar refractivity (Wildman–Crippen MR) is 86.9 cm³/mol. The normalized spacial score (nSPS) is 11.4. The average molecular weight is 283 g/mol. The van der Waals surface area contributed by atoms with Crippen molar-refractivity contribution in [3.8, 4) is 0 Å². The lowest BCUT2D eigenvalue weighted by Crippen LogP contribution is -2.36. The van der Waals surface area contributed by atoms with E-state index in [9.17, 15) is 4.79 Å². The summed E-state index contributed by atoms with van der Waals surface area (Å²) >= 11 is 0. The van der Waals surface area contributed by atoms with Crippen LogP contribution in [0.3, 0.4) is 0 Å². The molecule has 0 unspecified atom stereocenters. The molecule has 0 radical (unpaired) electrons. The number of allylic oxidation sites excluding steroid dienone is 2. The van der Waals surface area contributed by atoms with Crippen molar-refractivity contribution in [3.63, 3.8) is 0 Å². The summed E-state index contributed by atoms with van der Waals surface area (Å²) in [7, 11) is 0. The molecule has 1 amide bonds. The van der Waals surface area contributed by atoms with Gasteiger partial charge in [0.25, 0.3) is 0 Å². The highest BCUT2D eigenvalue weighted by Gasteiger charge is 1.99. The van der Waals surface area contributed by atoms with Gasteiger partial charge in [-0.2, -0.15) is 0 Å². The maximum Gasteiger partial charge on any atom is 0.220 e. The lowest BCUT2D eigenvalue weighted by atomic mass is 10.2. The number of hydrogen-bond acceptors (Lipinski definition) is 3. The molecule has 0 aromatic carbocycles. The van der Waals surface area contributed by atoms with Crippen LogP contribution in [-0.2, 0) is 4.79 Å². The van der Waals surface area contributed by atoms with Crippen LogP contribution in [0.5, 0.6) is 0 Å². The molecular weight excluding hydrogens is 250 g/mol. The van der Waals surface area contributed by atoms with Crippen molar-refractivity contribution in [3.05, 3.63) is 12.2 Å². The van der Waals surface area contributed by atoms with Crippen LogP contribution in [0.2, 0.25) is 0 Å². The average Bonchev–Trinajstić information content (AvgIpc) is 2.46. The summed E-state index contributed by atoms with van der Waals surface area (Å²) in [4.78, 5) is 13.9. The van der Waals surface area contributed by atoms with Crippen molar-refractivity contribution in [2.45, 2.75) is 46.5 Å². The first-order valence-electron chi connectivity index (χ1n) is 8.09. The molecule has 0 aliphatic carbocycles. The molecule has 0 saturated heterocycles. The van der Waals surface area contributed by atoms with Crippen LogP contribution >= 0.6 is 0 Å².